The van der Waals surface area contributed by atoms with E-state index in [0.717, 1.165) is 11.3 Å². The molecule has 0 unspecified atom stereocenters. The molecule has 0 bridgehead atoms. The zero-order valence-corrected chi connectivity index (χ0v) is 10.1. The maximum Gasteiger partial charge on any atom is 0.322 e. The summed E-state index contributed by atoms with van der Waals surface area (Å²) in [7, 11) is -3.93. The summed E-state index contributed by atoms with van der Waals surface area (Å²) >= 11 is 0.943. The first kappa shape index (κ1) is 13.6. The van der Waals surface area contributed by atoms with Gasteiger partial charge in [0, 0.05) is 0 Å². The Morgan fingerprint density at radius 3 is 2.59 bits per heavy atom. The molecular formula is C8H10N2O5S2. The Kier molecular flexibility index (Phi) is 4.21. The number of rotatable bonds is 6. The number of sulfonamides is 1. The van der Waals surface area contributed by atoms with Gasteiger partial charge in [-0.05, 0) is 11.4 Å². The third kappa shape index (κ3) is 3.80. The maximum atomic E-state index is 11.7. The molecule has 0 aliphatic rings. The van der Waals surface area contributed by atoms with Crippen LogP contribution in [0.2, 0.25) is 0 Å². The first-order valence-electron chi connectivity index (χ1n) is 4.40. The van der Waals surface area contributed by atoms with Crippen molar-refractivity contribution in [3.05, 3.63) is 17.5 Å². The molecule has 0 fully saturated rings. The molecule has 1 atom stereocenters. The van der Waals surface area contributed by atoms with Crippen LogP contribution in [0.5, 0.6) is 0 Å². The van der Waals surface area contributed by atoms with E-state index in [1.54, 1.807) is 5.38 Å². The van der Waals surface area contributed by atoms with E-state index < -0.39 is 34.4 Å². The van der Waals surface area contributed by atoms with Gasteiger partial charge in [0.2, 0.25) is 5.91 Å². The van der Waals surface area contributed by atoms with Crippen LogP contribution in [-0.2, 0) is 19.6 Å². The molecule has 0 aliphatic carbocycles. The Labute approximate surface area is 101 Å². The van der Waals surface area contributed by atoms with Crippen molar-refractivity contribution in [3.63, 3.8) is 0 Å². The number of carbonyl (C=O) groups excluding carboxylic acids is 1. The van der Waals surface area contributed by atoms with Crippen molar-refractivity contribution in [1.29, 1.82) is 0 Å². The molecule has 0 spiro atoms. The summed E-state index contributed by atoms with van der Waals surface area (Å²) in [5, 5.41) is 10.3. The second-order valence-corrected chi connectivity index (χ2v) is 6.00. The molecule has 0 saturated heterocycles. The number of carbonyl (C=O) groups is 2. The van der Waals surface area contributed by atoms with Crippen LogP contribution in [0.4, 0.5) is 0 Å². The Morgan fingerprint density at radius 1 is 1.53 bits per heavy atom. The van der Waals surface area contributed by atoms with Crippen molar-refractivity contribution in [2.45, 2.75) is 16.7 Å². The summed E-state index contributed by atoms with van der Waals surface area (Å²) in [4.78, 5) is 21.4. The van der Waals surface area contributed by atoms with Crippen molar-refractivity contribution in [2.75, 3.05) is 0 Å². The quantitative estimate of drug-likeness (QED) is 0.637. The molecule has 1 rings (SSSR count). The number of nitrogens with two attached hydrogens (primary N) is 1. The van der Waals surface area contributed by atoms with Crippen LogP contribution in [-0.4, -0.2) is 31.4 Å². The molecule has 1 aromatic heterocycles. The van der Waals surface area contributed by atoms with Gasteiger partial charge in [0.1, 0.15) is 10.3 Å². The van der Waals surface area contributed by atoms with Gasteiger partial charge >= 0.3 is 5.97 Å². The predicted octanol–water partition coefficient (Wildman–Crippen LogP) is -0.645. The zero-order chi connectivity index (χ0) is 13.1. The number of carboxylic acids is 1. The predicted molar refractivity (Wildman–Crippen MR) is 59.9 cm³/mol. The van der Waals surface area contributed by atoms with Crippen molar-refractivity contribution in [3.8, 4) is 0 Å². The first-order chi connectivity index (χ1) is 7.83. The van der Waals surface area contributed by atoms with Crippen molar-refractivity contribution < 1.29 is 23.1 Å². The smallest absolute Gasteiger partial charge is 0.322 e. The van der Waals surface area contributed by atoms with E-state index in [1.165, 1.54) is 12.1 Å². The molecule has 7 nitrogen and oxygen atoms in total. The summed E-state index contributed by atoms with van der Waals surface area (Å²) < 4.78 is 25.2. The van der Waals surface area contributed by atoms with Gasteiger partial charge in [-0.2, -0.15) is 4.72 Å². The molecule has 4 N–H and O–H groups in total. The number of aliphatic carboxylic acids is 1. The lowest BCUT2D eigenvalue weighted by Crippen LogP contribution is -2.43. The average molecular weight is 278 g/mol. The molecule has 0 radical (unpaired) electrons. The van der Waals surface area contributed by atoms with Crippen LogP contribution in [0.15, 0.2) is 21.7 Å². The zero-order valence-electron chi connectivity index (χ0n) is 8.49. The number of carboxylic acid groups (broad SMARTS) is 1. The van der Waals surface area contributed by atoms with Crippen molar-refractivity contribution in [1.82, 2.24) is 4.72 Å². The number of nitrogens with one attached hydrogen (secondary N) is 1. The van der Waals surface area contributed by atoms with Gasteiger partial charge < -0.3 is 10.8 Å². The van der Waals surface area contributed by atoms with E-state index in [0.29, 0.717) is 0 Å². The fourth-order valence-electron chi connectivity index (χ4n) is 1.04. The van der Waals surface area contributed by atoms with Crippen LogP contribution < -0.4 is 10.5 Å². The molecule has 0 aliphatic heterocycles. The first-order valence-corrected chi connectivity index (χ1v) is 6.76. The Hall–Kier alpha value is -1.45. The topological polar surface area (TPSA) is 127 Å². The molecule has 1 amide bonds. The van der Waals surface area contributed by atoms with Crippen LogP contribution in [0.25, 0.3) is 0 Å². The highest BCUT2D eigenvalue weighted by Crippen LogP contribution is 2.16. The molecule has 17 heavy (non-hydrogen) atoms. The highest BCUT2D eigenvalue weighted by molar-refractivity contribution is 7.91. The fraction of sp³-hybridized carbons (Fsp3) is 0.250. The molecule has 94 valence electrons. The van der Waals surface area contributed by atoms with E-state index in [1.807, 2.05) is 4.72 Å². The molecule has 1 aromatic rings. The van der Waals surface area contributed by atoms with Crippen LogP contribution >= 0.6 is 11.3 Å². The lowest BCUT2D eigenvalue weighted by molar-refractivity contribution is -0.140. The molecule has 0 saturated carbocycles. The van der Waals surface area contributed by atoms with Crippen LogP contribution in [0.1, 0.15) is 6.42 Å². The third-order valence-corrected chi connectivity index (χ3v) is 4.63. The summed E-state index contributed by atoms with van der Waals surface area (Å²) in [5.74, 6) is -2.35. The van der Waals surface area contributed by atoms with Gasteiger partial charge in [-0.25, -0.2) is 8.42 Å². The summed E-state index contributed by atoms with van der Waals surface area (Å²) in [6, 6.07) is 1.29. The number of primary amides is 1. The van der Waals surface area contributed by atoms with E-state index in [4.69, 9.17) is 10.8 Å². The van der Waals surface area contributed by atoms with Gasteiger partial charge in [0.05, 0.1) is 6.42 Å². The Morgan fingerprint density at radius 2 is 2.18 bits per heavy atom. The highest BCUT2D eigenvalue weighted by atomic mass is 32.2. The average Bonchev–Trinajstić information content (AvgIpc) is 2.68. The normalized spacial score (nSPS) is 13.2. The lowest BCUT2D eigenvalue weighted by atomic mass is 10.2. The lowest BCUT2D eigenvalue weighted by Gasteiger charge is -2.11. The Balaban J connectivity index is 2.87. The number of hydrogen-bond donors (Lipinski definition) is 3. The van der Waals surface area contributed by atoms with E-state index in [-0.39, 0.29) is 4.21 Å². The molecule has 9 heteroatoms. The molecule has 0 aromatic carbocycles. The number of amides is 1. The van der Waals surface area contributed by atoms with Gasteiger partial charge in [0.15, 0.2) is 0 Å². The van der Waals surface area contributed by atoms with Gasteiger partial charge in [-0.15, -0.1) is 11.3 Å². The maximum absolute atomic E-state index is 11.7. The van der Waals surface area contributed by atoms with E-state index >= 15 is 0 Å². The van der Waals surface area contributed by atoms with E-state index in [2.05, 4.69) is 0 Å². The number of thiophene rings is 1. The van der Waals surface area contributed by atoms with Crippen molar-refractivity contribution >= 4 is 33.2 Å². The van der Waals surface area contributed by atoms with Crippen LogP contribution in [0, 0.1) is 0 Å². The minimum atomic E-state index is -3.93. The molecule has 1 heterocycles. The second-order valence-electron chi connectivity index (χ2n) is 3.11. The fourth-order valence-corrected chi connectivity index (χ4v) is 3.24. The second kappa shape index (κ2) is 5.25. The minimum absolute atomic E-state index is 0.0202. The summed E-state index contributed by atoms with van der Waals surface area (Å²) in [6.07, 6.45) is -0.597. The van der Waals surface area contributed by atoms with Crippen molar-refractivity contribution in [2.24, 2.45) is 5.73 Å². The Bertz CT molecular complexity index is 508. The monoisotopic (exact) mass is 278 g/mol. The van der Waals surface area contributed by atoms with E-state index in [9.17, 15) is 18.0 Å². The van der Waals surface area contributed by atoms with Crippen LogP contribution in [0.3, 0.4) is 0 Å². The summed E-state index contributed by atoms with van der Waals surface area (Å²) in [6.45, 7) is 0. The molecular weight excluding hydrogens is 268 g/mol. The highest BCUT2D eigenvalue weighted by Gasteiger charge is 2.27. The minimum Gasteiger partial charge on any atom is -0.480 e. The standard InChI is InChI=1S/C8H10N2O5S2/c9-6(11)4-5(8(12)13)10-17(14,15)7-2-1-3-16-7/h1-3,5,10H,4H2,(H2,9,11)(H,12,13)/t5-/m1/s1. The largest absolute Gasteiger partial charge is 0.480 e. The van der Waals surface area contributed by atoms with Gasteiger partial charge in [-0.3, -0.25) is 9.59 Å². The van der Waals surface area contributed by atoms with Gasteiger partial charge in [0.25, 0.3) is 10.0 Å². The van der Waals surface area contributed by atoms with Gasteiger partial charge in [-0.1, -0.05) is 6.07 Å². The summed E-state index contributed by atoms with van der Waals surface area (Å²) in [5.41, 5.74) is 4.83. The SMILES string of the molecule is NC(=O)C[C@@H](NS(=O)(=O)c1cccs1)C(=O)O. The third-order valence-electron chi connectivity index (χ3n) is 1.76. The number of hydrogen-bond acceptors (Lipinski definition) is 5.